The van der Waals surface area contributed by atoms with E-state index in [0.29, 0.717) is 50.2 Å². The van der Waals surface area contributed by atoms with Crippen molar-refractivity contribution in [2.75, 3.05) is 13.7 Å². The number of rotatable bonds is 6. The van der Waals surface area contributed by atoms with Gasteiger partial charge in [0.2, 0.25) is 0 Å². The van der Waals surface area contributed by atoms with Crippen molar-refractivity contribution in [2.24, 2.45) is 5.73 Å². The molecule has 4 rings (SSSR count). The zero-order valence-electron chi connectivity index (χ0n) is 15.6. The smallest absolute Gasteiger partial charge is 0.305 e. The number of nitrogens with two attached hydrogens (primary N) is 1. The second kappa shape index (κ2) is 7.85. The van der Waals surface area contributed by atoms with Crippen LogP contribution in [-0.2, 0) is 9.53 Å². The molecule has 6 nitrogen and oxygen atoms in total. The summed E-state index contributed by atoms with van der Waals surface area (Å²) in [6, 6.07) is 9.56. The fourth-order valence-corrected chi connectivity index (χ4v) is 3.47. The van der Waals surface area contributed by atoms with Gasteiger partial charge in [-0.15, -0.1) is 0 Å². The predicted molar refractivity (Wildman–Crippen MR) is 109 cm³/mol. The topological polar surface area (TPSA) is 87.6 Å². The zero-order chi connectivity index (χ0) is 20.5. The third-order valence-electron chi connectivity index (χ3n) is 4.73. The molecular formula is C21H18ClFN2O4. The number of pyridine rings is 1. The lowest BCUT2D eigenvalue weighted by molar-refractivity contribution is -0.141. The van der Waals surface area contributed by atoms with Gasteiger partial charge in [-0.3, -0.25) is 4.79 Å². The molecule has 4 aromatic rings. The SMILES string of the molecule is COC(=O)CC[C@H](CN)Oc1c2ccc(F)cc2nc2c1oc1c(Cl)cccc12. The number of nitrogens with zero attached hydrogens (tertiary/aromatic N) is 1. The normalized spacial score (nSPS) is 12.6. The molecule has 0 spiro atoms. The van der Waals surface area contributed by atoms with Gasteiger partial charge in [0.25, 0.3) is 0 Å². The van der Waals surface area contributed by atoms with Gasteiger partial charge in [-0.25, -0.2) is 9.37 Å². The summed E-state index contributed by atoms with van der Waals surface area (Å²) in [4.78, 5) is 16.1. The molecule has 0 aliphatic carbocycles. The summed E-state index contributed by atoms with van der Waals surface area (Å²) in [6.45, 7) is 0.171. The number of halogens is 2. The van der Waals surface area contributed by atoms with Crippen LogP contribution >= 0.6 is 11.6 Å². The highest BCUT2D eigenvalue weighted by Crippen LogP contribution is 2.41. The molecule has 8 heteroatoms. The number of fused-ring (bicyclic) bond motifs is 4. The lowest BCUT2D eigenvalue weighted by atomic mass is 10.1. The maximum Gasteiger partial charge on any atom is 0.305 e. The number of methoxy groups -OCH3 is 1. The fraction of sp³-hybridized carbons (Fsp3) is 0.238. The summed E-state index contributed by atoms with van der Waals surface area (Å²) in [5, 5.41) is 1.70. The molecule has 0 fully saturated rings. The first-order chi connectivity index (χ1) is 14.0. The number of ether oxygens (including phenoxy) is 2. The predicted octanol–water partition coefficient (Wildman–Crippen LogP) is 4.59. The number of furan rings is 1. The first-order valence-corrected chi connectivity index (χ1v) is 9.43. The summed E-state index contributed by atoms with van der Waals surface area (Å²) in [5.41, 5.74) is 7.65. The van der Waals surface area contributed by atoms with Crippen LogP contribution in [0.15, 0.2) is 40.8 Å². The maximum atomic E-state index is 13.9. The Bertz CT molecular complexity index is 1220. The molecule has 2 N–H and O–H groups in total. The first kappa shape index (κ1) is 19.4. The molecule has 2 heterocycles. The number of hydrogen-bond acceptors (Lipinski definition) is 6. The van der Waals surface area contributed by atoms with Crippen molar-refractivity contribution in [3.63, 3.8) is 0 Å². The van der Waals surface area contributed by atoms with Crippen LogP contribution in [0.2, 0.25) is 5.02 Å². The molecule has 0 saturated carbocycles. The Morgan fingerprint density at radius 1 is 1.28 bits per heavy atom. The molecule has 0 aliphatic heterocycles. The van der Waals surface area contributed by atoms with Gasteiger partial charge in [-0.2, -0.15) is 0 Å². The van der Waals surface area contributed by atoms with E-state index in [1.807, 2.05) is 6.07 Å². The molecule has 2 aromatic carbocycles. The average Bonchev–Trinajstić information content (AvgIpc) is 3.09. The van der Waals surface area contributed by atoms with Gasteiger partial charge >= 0.3 is 5.97 Å². The largest absolute Gasteiger partial charge is 0.484 e. The zero-order valence-corrected chi connectivity index (χ0v) is 16.3. The maximum absolute atomic E-state index is 13.9. The highest BCUT2D eigenvalue weighted by molar-refractivity contribution is 6.35. The van der Waals surface area contributed by atoms with E-state index in [0.717, 1.165) is 0 Å². The van der Waals surface area contributed by atoms with Gasteiger partial charge in [0.15, 0.2) is 16.9 Å². The van der Waals surface area contributed by atoms with Crippen molar-refractivity contribution < 1.29 is 23.1 Å². The third-order valence-corrected chi connectivity index (χ3v) is 5.03. The van der Waals surface area contributed by atoms with Crippen molar-refractivity contribution >= 4 is 50.5 Å². The highest BCUT2D eigenvalue weighted by Gasteiger charge is 2.22. The molecule has 0 unspecified atom stereocenters. The Kier molecular flexibility index (Phi) is 5.25. The van der Waals surface area contributed by atoms with Crippen LogP contribution in [0.3, 0.4) is 0 Å². The van der Waals surface area contributed by atoms with E-state index >= 15 is 0 Å². The van der Waals surface area contributed by atoms with E-state index in [4.69, 9.17) is 26.5 Å². The highest BCUT2D eigenvalue weighted by atomic mass is 35.5. The van der Waals surface area contributed by atoms with E-state index in [9.17, 15) is 9.18 Å². The Balaban J connectivity index is 1.90. The van der Waals surface area contributed by atoms with Crippen molar-refractivity contribution in [2.45, 2.75) is 18.9 Å². The van der Waals surface area contributed by atoms with E-state index < -0.39 is 11.9 Å². The summed E-state index contributed by atoms with van der Waals surface area (Å²) in [7, 11) is 1.33. The van der Waals surface area contributed by atoms with Crippen molar-refractivity contribution in [1.29, 1.82) is 0 Å². The van der Waals surface area contributed by atoms with Gasteiger partial charge in [0, 0.05) is 29.8 Å². The van der Waals surface area contributed by atoms with Gasteiger partial charge in [0.05, 0.1) is 17.6 Å². The standard InChI is InChI=1S/C21H18ClFN2O4/c1-27-17(26)8-6-12(10-24)28-20-13-7-5-11(23)9-16(13)25-18-14-3-2-4-15(22)19(14)29-21(18)20/h2-5,7,9,12H,6,8,10,24H2,1H3/t12-/m1/s1. The lowest BCUT2D eigenvalue weighted by Crippen LogP contribution is -2.27. The van der Waals surface area contributed by atoms with Crippen molar-refractivity contribution in [3.05, 3.63) is 47.2 Å². The minimum atomic E-state index is -0.475. The van der Waals surface area contributed by atoms with Crippen LogP contribution in [0.1, 0.15) is 12.8 Å². The van der Waals surface area contributed by atoms with Crippen LogP contribution in [0.4, 0.5) is 4.39 Å². The molecule has 0 amide bonds. The van der Waals surface area contributed by atoms with Crippen LogP contribution in [0, 0.1) is 5.82 Å². The minimum Gasteiger partial charge on any atom is -0.484 e. The molecule has 150 valence electrons. The molecule has 1 atom stereocenters. The van der Waals surface area contributed by atoms with Crippen LogP contribution in [0.25, 0.3) is 33.0 Å². The van der Waals surface area contributed by atoms with Gasteiger partial charge < -0.3 is 19.6 Å². The molecule has 0 bridgehead atoms. The fourth-order valence-electron chi connectivity index (χ4n) is 3.26. The van der Waals surface area contributed by atoms with Crippen LogP contribution in [-0.4, -0.2) is 30.7 Å². The Labute approximate surface area is 170 Å². The first-order valence-electron chi connectivity index (χ1n) is 9.05. The average molecular weight is 417 g/mol. The second-order valence-corrected chi connectivity index (χ2v) is 7.00. The third kappa shape index (κ3) is 3.59. The molecular weight excluding hydrogens is 399 g/mol. The number of carbonyl (C=O) groups is 1. The molecule has 0 saturated heterocycles. The molecule has 29 heavy (non-hydrogen) atoms. The summed E-state index contributed by atoms with van der Waals surface area (Å²) in [6.07, 6.45) is 0.0403. The van der Waals surface area contributed by atoms with Gasteiger partial charge in [0.1, 0.15) is 17.4 Å². The number of esters is 1. The van der Waals surface area contributed by atoms with Crippen LogP contribution < -0.4 is 10.5 Å². The molecule has 2 aromatic heterocycles. The van der Waals surface area contributed by atoms with E-state index in [1.165, 1.54) is 19.2 Å². The quantitative estimate of drug-likeness (QED) is 0.463. The second-order valence-electron chi connectivity index (χ2n) is 6.59. The minimum absolute atomic E-state index is 0.158. The summed E-state index contributed by atoms with van der Waals surface area (Å²) in [5.74, 6) is -0.380. The Morgan fingerprint density at radius 2 is 2.10 bits per heavy atom. The Hall–Kier alpha value is -2.90. The lowest BCUT2D eigenvalue weighted by Gasteiger charge is -2.18. The van der Waals surface area contributed by atoms with Gasteiger partial charge in [-0.1, -0.05) is 17.7 Å². The number of carbonyl (C=O) groups excluding carboxylic acids is 1. The number of para-hydroxylation sites is 1. The summed E-state index contributed by atoms with van der Waals surface area (Å²) >= 11 is 6.28. The van der Waals surface area contributed by atoms with E-state index in [1.54, 1.807) is 18.2 Å². The van der Waals surface area contributed by atoms with Crippen molar-refractivity contribution in [1.82, 2.24) is 4.98 Å². The van der Waals surface area contributed by atoms with Crippen LogP contribution in [0.5, 0.6) is 5.75 Å². The monoisotopic (exact) mass is 416 g/mol. The Morgan fingerprint density at radius 3 is 2.86 bits per heavy atom. The molecule has 0 aliphatic rings. The van der Waals surface area contributed by atoms with E-state index in [2.05, 4.69) is 9.72 Å². The van der Waals surface area contributed by atoms with Gasteiger partial charge in [-0.05, 0) is 30.7 Å². The number of hydrogen-bond donors (Lipinski definition) is 1. The number of aromatic nitrogens is 1. The molecule has 0 radical (unpaired) electrons. The van der Waals surface area contributed by atoms with E-state index in [-0.39, 0.29) is 18.9 Å². The number of benzene rings is 2. The van der Waals surface area contributed by atoms with Crippen molar-refractivity contribution in [3.8, 4) is 5.75 Å². The summed E-state index contributed by atoms with van der Waals surface area (Å²) < 4.78 is 30.7.